The molecule has 0 N–H and O–H groups in total. The molecule has 0 radical (unpaired) electrons. The van der Waals surface area contributed by atoms with E-state index in [1.54, 1.807) is 0 Å². The fraction of sp³-hybridized carbons (Fsp3) is 0.562. The summed E-state index contributed by atoms with van der Waals surface area (Å²) >= 11 is 3.46. The number of rotatable bonds is 4. The smallest absolute Gasteiger partial charge is 0.137 e. The van der Waals surface area contributed by atoms with Crippen molar-refractivity contribution in [2.45, 2.75) is 38.5 Å². The maximum absolute atomic E-state index is 12.1. The van der Waals surface area contributed by atoms with Gasteiger partial charge in [0, 0.05) is 17.3 Å². The van der Waals surface area contributed by atoms with Crippen LogP contribution in [-0.4, -0.2) is 5.78 Å². The van der Waals surface area contributed by atoms with E-state index in [2.05, 4.69) is 22.0 Å². The molecule has 0 aliphatic heterocycles. The first-order valence-electron chi connectivity index (χ1n) is 6.97. The Bertz CT molecular complexity index is 454. The van der Waals surface area contributed by atoms with Gasteiger partial charge in [-0.3, -0.25) is 4.79 Å². The molecular formula is C16H19BrO. The molecule has 2 fully saturated rings. The van der Waals surface area contributed by atoms with Crippen LogP contribution >= 0.6 is 15.9 Å². The first kappa shape index (κ1) is 12.4. The van der Waals surface area contributed by atoms with E-state index in [9.17, 15) is 4.79 Å². The van der Waals surface area contributed by atoms with Crippen molar-refractivity contribution in [2.75, 3.05) is 0 Å². The highest BCUT2D eigenvalue weighted by Gasteiger charge is 2.39. The van der Waals surface area contributed by atoms with E-state index in [4.69, 9.17) is 0 Å². The fourth-order valence-corrected chi connectivity index (χ4v) is 4.31. The minimum absolute atomic E-state index is 0.422. The van der Waals surface area contributed by atoms with Crippen molar-refractivity contribution < 1.29 is 4.79 Å². The van der Waals surface area contributed by atoms with Gasteiger partial charge in [0.2, 0.25) is 0 Å². The Labute approximate surface area is 117 Å². The van der Waals surface area contributed by atoms with Crippen LogP contribution in [0.3, 0.4) is 0 Å². The molecule has 0 amide bonds. The van der Waals surface area contributed by atoms with Gasteiger partial charge in [0.1, 0.15) is 5.78 Å². The molecule has 2 aliphatic carbocycles. The topological polar surface area (TPSA) is 17.1 Å². The number of hydrogen-bond donors (Lipinski definition) is 0. The Hall–Kier alpha value is -0.630. The van der Waals surface area contributed by atoms with Crippen LogP contribution in [0.25, 0.3) is 0 Å². The molecule has 1 aromatic carbocycles. The fourth-order valence-electron chi connectivity index (χ4n) is 3.87. The number of hydrogen-bond acceptors (Lipinski definition) is 1. The SMILES string of the molecule is O=C(Cc1cccc(Br)c1)CC1CC2CCC1C2. The second-order valence-electron chi connectivity index (χ2n) is 5.98. The zero-order chi connectivity index (χ0) is 12.5. The Morgan fingerprint density at radius 2 is 2.17 bits per heavy atom. The van der Waals surface area contributed by atoms with Crippen LogP contribution in [0.2, 0.25) is 0 Å². The molecule has 0 spiro atoms. The van der Waals surface area contributed by atoms with Crippen LogP contribution in [-0.2, 0) is 11.2 Å². The van der Waals surface area contributed by atoms with Gasteiger partial charge < -0.3 is 0 Å². The average molecular weight is 307 g/mol. The Balaban J connectivity index is 1.56. The number of Topliss-reactive ketones (excluding diaryl/α,β-unsaturated/α-hetero) is 1. The van der Waals surface area contributed by atoms with E-state index >= 15 is 0 Å². The summed E-state index contributed by atoms with van der Waals surface area (Å²) in [5.74, 6) is 2.93. The molecule has 3 unspecified atom stereocenters. The van der Waals surface area contributed by atoms with Crippen LogP contribution in [0.15, 0.2) is 28.7 Å². The highest BCUT2D eigenvalue weighted by Crippen LogP contribution is 2.49. The second kappa shape index (κ2) is 5.16. The summed E-state index contributed by atoms with van der Waals surface area (Å²) in [6.07, 6.45) is 6.92. The lowest BCUT2D eigenvalue weighted by molar-refractivity contribution is -0.119. The van der Waals surface area contributed by atoms with E-state index in [0.717, 1.165) is 28.3 Å². The highest BCUT2D eigenvalue weighted by atomic mass is 79.9. The summed E-state index contributed by atoms with van der Waals surface area (Å²) < 4.78 is 1.06. The molecule has 0 saturated heterocycles. The van der Waals surface area contributed by atoms with E-state index < -0.39 is 0 Å². The summed E-state index contributed by atoms with van der Waals surface area (Å²) in [6.45, 7) is 0. The zero-order valence-corrected chi connectivity index (χ0v) is 12.2. The van der Waals surface area contributed by atoms with Gasteiger partial charge in [-0.05, 0) is 54.7 Å². The van der Waals surface area contributed by atoms with E-state index in [0.29, 0.717) is 18.1 Å². The highest BCUT2D eigenvalue weighted by molar-refractivity contribution is 9.10. The molecule has 0 aromatic heterocycles. The van der Waals surface area contributed by atoms with Gasteiger partial charge in [-0.25, -0.2) is 0 Å². The second-order valence-corrected chi connectivity index (χ2v) is 6.90. The maximum atomic E-state index is 12.1. The van der Waals surface area contributed by atoms with Gasteiger partial charge in [-0.1, -0.05) is 34.5 Å². The van der Waals surface area contributed by atoms with E-state index in [1.807, 2.05) is 18.2 Å². The molecule has 2 heteroatoms. The number of halogens is 1. The molecule has 2 aliphatic rings. The summed E-state index contributed by atoms with van der Waals surface area (Å²) in [4.78, 5) is 12.1. The quantitative estimate of drug-likeness (QED) is 0.806. The lowest BCUT2D eigenvalue weighted by Crippen LogP contribution is -2.16. The average Bonchev–Trinajstić information content (AvgIpc) is 2.90. The van der Waals surface area contributed by atoms with Gasteiger partial charge in [-0.2, -0.15) is 0 Å². The van der Waals surface area contributed by atoms with Crippen molar-refractivity contribution in [1.29, 1.82) is 0 Å². The van der Waals surface area contributed by atoms with Crippen molar-refractivity contribution in [1.82, 2.24) is 0 Å². The van der Waals surface area contributed by atoms with Crippen LogP contribution in [0.4, 0.5) is 0 Å². The summed E-state index contributed by atoms with van der Waals surface area (Å²) in [5, 5.41) is 0. The minimum Gasteiger partial charge on any atom is -0.299 e. The molecule has 3 atom stereocenters. The first-order chi connectivity index (χ1) is 8.70. The Kier molecular flexibility index (Phi) is 3.56. The molecule has 96 valence electrons. The summed E-state index contributed by atoms with van der Waals surface area (Å²) in [7, 11) is 0. The monoisotopic (exact) mass is 306 g/mol. The van der Waals surface area contributed by atoms with Crippen LogP contribution in [0.5, 0.6) is 0 Å². The first-order valence-corrected chi connectivity index (χ1v) is 7.76. The Morgan fingerprint density at radius 1 is 1.28 bits per heavy atom. The molecule has 18 heavy (non-hydrogen) atoms. The number of fused-ring (bicyclic) bond motifs is 2. The lowest BCUT2D eigenvalue weighted by Gasteiger charge is -2.20. The van der Waals surface area contributed by atoms with Gasteiger partial charge in [-0.15, -0.1) is 0 Å². The van der Waals surface area contributed by atoms with Gasteiger partial charge in [0.25, 0.3) is 0 Å². The standard InChI is InChI=1S/C16H19BrO/c17-15-3-1-2-11(8-15)9-16(18)10-14-7-12-4-5-13(14)6-12/h1-3,8,12-14H,4-7,9-10H2. The van der Waals surface area contributed by atoms with E-state index in [-0.39, 0.29) is 0 Å². The third-order valence-corrected chi connectivity index (χ3v) is 5.16. The summed E-state index contributed by atoms with van der Waals surface area (Å²) in [6, 6.07) is 8.11. The third kappa shape index (κ3) is 2.69. The molecule has 1 nitrogen and oxygen atoms in total. The third-order valence-electron chi connectivity index (χ3n) is 4.66. The van der Waals surface area contributed by atoms with Crippen molar-refractivity contribution >= 4 is 21.7 Å². The largest absolute Gasteiger partial charge is 0.299 e. The molecule has 3 rings (SSSR count). The lowest BCUT2D eigenvalue weighted by atomic mass is 9.84. The van der Waals surface area contributed by atoms with Crippen molar-refractivity contribution in [2.24, 2.45) is 17.8 Å². The maximum Gasteiger partial charge on any atom is 0.137 e. The van der Waals surface area contributed by atoms with E-state index in [1.165, 1.54) is 25.7 Å². The molecule has 2 saturated carbocycles. The molecule has 1 aromatic rings. The minimum atomic E-state index is 0.422. The van der Waals surface area contributed by atoms with Crippen LogP contribution < -0.4 is 0 Å². The van der Waals surface area contributed by atoms with Crippen LogP contribution in [0.1, 0.15) is 37.7 Å². The Morgan fingerprint density at radius 3 is 2.83 bits per heavy atom. The van der Waals surface area contributed by atoms with Crippen LogP contribution in [0, 0.1) is 17.8 Å². The molecule has 0 heterocycles. The normalized spacial score (nSPS) is 29.7. The number of benzene rings is 1. The predicted octanol–water partition coefficient (Wildman–Crippen LogP) is 4.39. The number of carbonyl (C=O) groups excluding carboxylic acids is 1. The predicted molar refractivity (Wildman–Crippen MR) is 76.4 cm³/mol. The zero-order valence-electron chi connectivity index (χ0n) is 10.6. The van der Waals surface area contributed by atoms with Crippen molar-refractivity contribution in [3.05, 3.63) is 34.3 Å². The number of carbonyl (C=O) groups is 1. The molecular weight excluding hydrogens is 288 g/mol. The van der Waals surface area contributed by atoms with Crippen molar-refractivity contribution in [3.63, 3.8) is 0 Å². The van der Waals surface area contributed by atoms with Gasteiger partial charge in [0.05, 0.1) is 0 Å². The van der Waals surface area contributed by atoms with Gasteiger partial charge >= 0.3 is 0 Å². The summed E-state index contributed by atoms with van der Waals surface area (Å²) in [5.41, 5.74) is 1.14. The van der Waals surface area contributed by atoms with Crippen molar-refractivity contribution in [3.8, 4) is 0 Å². The molecule has 2 bridgehead atoms. The number of ketones is 1. The van der Waals surface area contributed by atoms with Gasteiger partial charge in [0.15, 0.2) is 0 Å².